The van der Waals surface area contributed by atoms with Gasteiger partial charge in [0.1, 0.15) is 30.0 Å². The maximum absolute atomic E-state index is 14.6. The first-order valence-corrected chi connectivity index (χ1v) is 17.9. The Morgan fingerprint density at radius 1 is 0.959 bits per heavy atom. The van der Waals surface area contributed by atoms with Crippen molar-refractivity contribution >= 4 is 19.6 Å². The lowest BCUT2D eigenvalue weighted by atomic mass is 9.88. The first kappa shape index (κ1) is 36.2. The number of rotatable bonds is 12. The number of hydrogen-bond donors (Lipinski definition) is 1. The number of ether oxygens (including phenoxy) is 2. The summed E-state index contributed by atoms with van der Waals surface area (Å²) < 4.78 is 41.2. The smallest absolute Gasteiger partial charge is 0.417 e. The van der Waals surface area contributed by atoms with Gasteiger partial charge in [-0.1, -0.05) is 90.1 Å². The fourth-order valence-electron chi connectivity index (χ4n) is 5.80. The summed E-state index contributed by atoms with van der Waals surface area (Å²) in [5, 5.41) is 15.8. The summed E-state index contributed by atoms with van der Waals surface area (Å²) in [7, 11) is -3.47. The van der Waals surface area contributed by atoms with Gasteiger partial charge in [0.25, 0.3) is 5.91 Å². The molecule has 1 unspecified atom stereocenters. The SMILES string of the molecule is CC(C)(C)OP(C)(=O)OCc1cc([C@H](O)[C@](C)(OCc2ccc(-c3ccccc3)cc2)C(=O)N2C(=O)OC(C)(C)[C@@H]2c2ccccc2)no1. The van der Waals surface area contributed by atoms with E-state index in [2.05, 4.69) is 5.16 Å². The molecule has 1 N–H and O–H groups in total. The number of amides is 2. The van der Waals surface area contributed by atoms with Crippen LogP contribution in [0.25, 0.3) is 11.1 Å². The van der Waals surface area contributed by atoms with E-state index in [1.165, 1.54) is 19.7 Å². The normalized spacial score (nSPS) is 19.1. The zero-order valence-electron chi connectivity index (χ0n) is 28.8. The van der Waals surface area contributed by atoms with Crippen LogP contribution >= 0.6 is 7.60 Å². The average Bonchev–Trinajstić information content (AvgIpc) is 3.62. The molecule has 0 saturated carbocycles. The van der Waals surface area contributed by atoms with Crippen LogP contribution in [0.1, 0.15) is 76.3 Å². The number of imide groups is 1. The van der Waals surface area contributed by atoms with Crippen LogP contribution in [0.4, 0.5) is 4.79 Å². The Kier molecular flexibility index (Phi) is 10.3. The molecular weight excluding hydrogens is 647 g/mol. The maximum atomic E-state index is 14.6. The van der Waals surface area contributed by atoms with Crippen LogP contribution in [0.5, 0.6) is 0 Å². The molecule has 4 atom stereocenters. The molecule has 0 aliphatic carbocycles. The van der Waals surface area contributed by atoms with Crippen molar-refractivity contribution in [3.8, 4) is 11.1 Å². The summed E-state index contributed by atoms with van der Waals surface area (Å²) in [6.45, 7) is 11.1. The van der Waals surface area contributed by atoms with E-state index < -0.39 is 48.5 Å². The largest absolute Gasteiger partial charge is 0.440 e. The van der Waals surface area contributed by atoms with Crippen molar-refractivity contribution in [1.82, 2.24) is 10.1 Å². The van der Waals surface area contributed by atoms with Gasteiger partial charge in [-0.05, 0) is 63.8 Å². The summed E-state index contributed by atoms with van der Waals surface area (Å²) in [5.74, 6) is -0.702. The third kappa shape index (κ3) is 8.37. The Labute approximate surface area is 286 Å². The van der Waals surface area contributed by atoms with E-state index in [0.717, 1.165) is 21.6 Å². The molecule has 5 rings (SSSR count). The van der Waals surface area contributed by atoms with Gasteiger partial charge in [-0.15, -0.1) is 0 Å². The Balaban J connectivity index is 1.45. The average molecular weight is 691 g/mol. The first-order valence-electron chi connectivity index (χ1n) is 16.0. The van der Waals surface area contributed by atoms with E-state index in [1.807, 2.05) is 60.7 Å². The van der Waals surface area contributed by atoms with Crippen molar-refractivity contribution in [3.63, 3.8) is 0 Å². The number of hydrogen-bond acceptors (Lipinski definition) is 10. The highest BCUT2D eigenvalue weighted by atomic mass is 31.2. The topological polar surface area (TPSA) is 138 Å². The molecule has 1 aliphatic heterocycles. The predicted octanol–water partition coefficient (Wildman–Crippen LogP) is 8.00. The molecule has 12 heteroatoms. The highest BCUT2D eigenvalue weighted by Crippen LogP contribution is 2.49. The third-order valence-corrected chi connectivity index (χ3v) is 9.56. The number of nitrogens with zero attached hydrogens (tertiary/aromatic N) is 2. The second kappa shape index (κ2) is 14.0. The molecule has 49 heavy (non-hydrogen) atoms. The van der Waals surface area contributed by atoms with Gasteiger partial charge in [0.15, 0.2) is 11.4 Å². The number of carbonyl (C=O) groups excluding carboxylic acids is 2. The summed E-state index contributed by atoms with van der Waals surface area (Å²) >= 11 is 0. The number of benzene rings is 3. The standard InChI is InChI=1S/C37H43N2O9P/c1-35(2,3)48-49(7,43)45-24-29-22-30(38-47-29)32(40)37(6,44-23-25-18-20-27(21-19-25)26-14-10-8-11-15-26)33(41)39-31(28-16-12-9-13-17-28)36(4,5)46-34(39)42/h8-22,31-32,40H,23-24H2,1-7H3/t31-,32-,37-,49?/m0/s1. The van der Waals surface area contributed by atoms with Crippen molar-refractivity contribution in [2.75, 3.05) is 6.66 Å². The van der Waals surface area contributed by atoms with Crippen LogP contribution in [0, 0.1) is 0 Å². The van der Waals surface area contributed by atoms with Gasteiger partial charge in [0.05, 0.1) is 12.2 Å². The minimum absolute atomic E-state index is 0.0559. The lowest BCUT2D eigenvalue weighted by Crippen LogP contribution is -2.54. The van der Waals surface area contributed by atoms with Crippen molar-refractivity contribution < 1.29 is 42.3 Å². The molecule has 1 saturated heterocycles. The van der Waals surface area contributed by atoms with Crippen molar-refractivity contribution in [2.24, 2.45) is 0 Å². The molecule has 2 heterocycles. The predicted molar refractivity (Wildman–Crippen MR) is 182 cm³/mol. The van der Waals surface area contributed by atoms with E-state index in [1.54, 1.807) is 58.9 Å². The molecule has 0 spiro atoms. The van der Waals surface area contributed by atoms with Crippen LogP contribution < -0.4 is 0 Å². The molecule has 1 aromatic heterocycles. The Hall–Kier alpha value is -4.12. The van der Waals surface area contributed by atoms with Gasteiger partial charge in [-0.25, -0.2) is 9.69 Å². The zero-order chi connectivity index (χ0) is 35.6. The zero-order valence-corrected chi connectivity index (χ0v) is 29.7. The van der Waals surface area contributed by atoms with Crippen molar-refractivity contribution in [2.45, 2.75) is 83.7 Å². The highest BCUT2D eigenvalue weighted by Gasteiger charge is 2.57. The van der Waals surface area contributed by atoms with Gasteiger partial charge in [0.2, 0.25) is 0 Å². The minimum Gasteiger partial charge on any atom is -0.440 e. The fraction of sp³-hybridized carbons (Fsp3) is 0.378. The van der Waals surface area contributed by atoms with Gasteiger partial charge in [-0.2, -0.15) is 0 Å². The molecule has 4 aromatic rings. The molecule has 1 fully saturated rings. The number of aromatic nitrogens is 1. The van der Waals surface area contributed by atoms with Crippen LogP contribution in [-0.2, 0) is 41.1 Å². The summed E-state index contributed by atoms with van der Waals surface area (Å²) in [4.78, 5) is 29.0. The number of carbonyl (C=O) groups is 2. The van der Waals surface area contributed by atoms with Gasteiger partial charge in [-0.3, -0.25) is 9.36 Å². The number of cyclic esters (lactones) is 1. The fourth-order valence-corrected chi connectivity index (χ4v) is 7.21. The van der Waals surface area contributed by atoms with Crippen LogP contribution in [0.3, 0.4) is 0 Å². The quantitative estimate of drug-likeness (QED) is 0.146. The molecule has 260 valence electrons. The van der Waals surface area contributed by atoms with Crippen LogP contribution in [-0.4, -0.2) is 50.6 Å². The van der Waals surface area contributed by atoms with Gasteiger partial charge < -0.3 is 28.2 Å². The molecule has 1 aliphatic rings. The second-order valence-corrected chi connectivity index (χ2v) is 15.8. The number of aliphatic hydroxyl groups excluding tert-OH is 1. The molecule has 3 aromatic carbocycles. The Bertz CT molecular complexity index is 1800. The molecular formula is C37H43N2O9P. The molecule has 11 nitrogen and oxygen atoms in total. The Morgan fingerprint density at radius 2 is 1.55 bits per heavy atom. The van der Waals surface area contributed by atoms with E-state index in [4.69, 9.17) is 23.0 Å². The van der Waals surface area contributed by atoms with E-state index in [0.29, 0.717) is 5.56 Å². The third-order valence-electron chi connectivity index (χ3n) is 8.08. The molecule has 0 bridgehead atoms. The second-order valence-electron chi connectivity index (χ2n) is 13.8. The maximum Gasteiger partial charge on any atom is 0.417 e. The Morgan fingerprint density at radius 3 is 2.16 bits per heavy atom. The first-order chi connectivity index (χ1) is 23.0. The van der Waals surface area contributed by atoms with E-state index in [-0.39, 0.29) is 24.7 Å². The van der Waals surface area contributed by atoms with E-state index in [9.17, 15) is 19.3 Å². The summed E-state index contributed by atoms with van der Waals surface area (Å²) in [5.41, 5.74) is -0.481. The van der Waals surface area contributed by atoms with Crippen LogP contribution in [0.2, 0.25) is 0 Å². The highest BCUT2D eigenvalue weighted by molar-refractivity contribution is 7.53. The lowest BCUT2D eigenvalue weighted by molar-refractivity contribution is -0.175. The number of aliphatic hydroxyl groups is 1. The van der Waals surface area contributed by atoms with Gasteiger partial charge in [0, 0.05) is 12.7 Å². The van der Waals surface area contributed by atoms with Crippen molar-refractivity contribution in [1.29, 1.82) is 0 Å². The molecule has 0 radical (unpaired) electrons. The monoisotopic (exact) mass is 690 g/mol. The minimum atomic E-state index is -3.47. The molecule has 2 amide bonds. The lowest BCUT2D eigenvalue weighted by Gasteiger charge is -2.37. The van der Waals surface area contributed by atoms with E-state index >= 15 is 0 Å². The van der Waals surface area contributed by atoms with Gasteiger partial charge >= 0.3 is 13.7 Å². The summed E-state index contributed by atoms with van der Waals surface area (Å²) in [6, 6.07) is 27.1. The van der Waals surface area contributed by atoms with Crippen LogP contribution in [0.15, 0.2) is 95.5 Å². The van der Waals surface area contributed by atoms with Crippen molar-refractivity contribution in [3.05, 3.63) is 114 Å². The summed E-state index contributed by atoms with van der Waals surface area (Å²) in [6.07, 6.45) is -2.59.